The average Bonchev–Trinajstić information content (AvgIpc) is 2.41. The van der Waals surface area contributed by atoms with Gasteiger partial charge in [0, 0.05) is 11.7 Å². The summed E-state index contributed by atoms with van der Waals surface area (Å²) in [5.41, 5.74) is 9.75. The van der Waals surface area contributed by atoms with Gasteiger partial charge >= 0.3 is 0 Å². The highest BCUT2D eigenvalue weighted by Crippen LogP contribution is 2.31. The molecule has 0 bridgehead atoms. The van der Waals surface area contributed by atoms with Gasteiger partial charge in [-0.05, 0) is 74.5 Å². The Morgan fingerprint density at radius 1 is 1.28 bits per heavy atom. The summed E-state index contributed by atoms with van der Waals surface area (Å²) in [6, 6.07) is 6.91. The van der Waals surface area contributed by atoms with Crippen molar-refractivity contribution in [3.05, 3.63) is 29.3 Å². The third-order valence-corrected chi connectivity index (χ3v) is 4.30. The SMILES string of the molecule is Nc1ccc2c(c1)C(CC1CCCNC1)NCC2. The molecule has 1 fully saturated rings. The molecule has 1 aromatic carbocycles. The molecule has 0 aliphatic carbocycles. The zero-order chi connectivity index (χ0) is 12.4. The highest BCUT2D eigenvalue weighted by atomic mass is 14.9. The maximum absolute atomic E-state index is 5.94. The largest absolute Gasteiger partial charge is 0.399 e. The lowest BCUT2D eigenvalue weighted by atomic mass is 9.85. The van der Waals surface area contributed by atoms with Crippen LogP contribution in [0.4, 0.5) is 5.69 Å². The molecule has 4 N–H and O–H groups in total. The number of hydrogen-bond donors (Lipinski definition) is 3. The number of nitrogens with two attached hydrogens (primary N) is 1. The third-order valence-electron chi connectivity index (χ3n) is 4.30. The topological polar surface area (TPSA) is 50.1 Å². The van der Waals surface area contributed by atoms with E-state index in [1.165, 1.54) is 43.5 Å². The van der Waals surface area contributed by atoms with Crippen molar-refractivity contribution >= 4 is 5.69 Å². The number of piperidine rings is 1. The molecule has 3 rings (SSSR count). The number of nitrogen functional groups attached to an aromatic ring is 1. The normalized spacial score (nSPS) is 27.8. The molecule has 0 amide bonds. The first-order valence-corrected chi connectivity index (χ1v) is 7.15. The smallest absolute Gasteiger partial charge is 0.0326 e. The van der Waals surface area contributed by atoms with Gasteiger partial charge in [0.05, 0.1) is 0 Å². The lowest BCUT2D eigenvalue weighted by Gasteiger charge is -2.32. The zero-order valence-corrected chi connectivity index (χ0v) is 10.9. The molecule has 3 nitrogen and oxygen atoms in total. The van der Waals surface area contributed by atoms with E-state index in [9.17, 15) is 0 Å². The molecular formula is C15H23N3. The van der Waals surface area contributed by atoms with Gasteiger partial charge in [-0.25, -0.2) is 0 Å². The van der Waals surface area contributed by atoms with E-state index < -0.39 is 0 Å². The van der Waals surface area contributed by atoms with Crippen LogP contribution in [0.1, 0.15) is 36.4 Å². The maximum atomic E-state index is 5.94. The summed E-state index contributed by atoms with van der Waals surface area (Å²) in [4.78, 5) is 0. The van der Waals surface area contributed by atoms with E-state index in [0.29, 0.717) is 6.04 Å². The first kappa shape index (κ1) is 12.0. The highest BCUT2D eigenvalue weighted by Gasteiger charge is 2.24. The van der Waals surface area contributed by atoms with Crippen molar-refractivity contribution in [3.8, 4) is 0 Å². The minimum Gasteiger partial charge on any atom is -0.399 e. The fraction of sp³-hybridized carbons (Fsp3) is 0.600. The first-order valence-electron chi connectivity index (χ1n) is 7.15. The molecule has 0 radical (unpaired) electrons. The van der Waals surface area contributed by atoms with Gasteiger partial charge in [0.25, 0.3) is 0 Å². The standard InChI is InChI=1S/C15H23N3/c16-13-4-3-12-5-7-18-15(14(12)9-13)8-11-2-1-6-17-10-11/h3-4,9,11,15,17-18H,1-2,5-8,10,16H2. The van der Waals surface area contributed by atoms with Gasteiger partial charge in [-0.15, -0.1) is 0 Å². The van der Waals surface area contributed by atoms with Crippen LogP contribution in [0.3, 0.4) is 0 Å². The summed E-state index contributed by atoms with van der Waals surface area (Å²) in [5, 5.41) is 7.17. The molecule has 98 valence electrons. The summed E-state index contributed by atoms with van der Waals surface area (Å²) in [5.74, 6) is 0.809. The van der Waals surface area contributed by atoms with Crippen molar-refractivity contribution in [1.29, 1.82) is 0 Å². The molecule has 2 unspecified atom stereocenters. The predicted octanol–water partition coefficient (Wildman–Crippen LogP) is 1.85. The molecule has 2 aliphatic rings. The van der Waals surface area contributed by atoms with Gasteiger partial charge in [0.15, 0.2) is 0 Å². The van der Waals surface area contributed by atoms with Crippen molar-refractivity contribution in [2.75, 3.05) is 25.4 Å². The molecule has 0 spiro atoms. The Morgan fingerprint density at radius 2 is 2.22 bits per heavy atom. The quantitative estimate of drug-likeness (QED) is 0.697. The van der Waals surface area contributed by atoms with Gasteiger partial charge in [-0.1, -0.05) is 6.07 Å². The van der Waals surface area contributed by atoms with Gasteiger partial charge < -0.3 is 16.4 Å². The van der Waals surface area contributed by atoms with Crippen LogP contribution in [0.15, 0.2) is 18.2 Å². The van der Waals surface area contributed by atoms with E-state index in [1.54, 1.807) is 0 Å². The summed E-state index contributed by atoms with van der Waals surface area (Å²) in [6.07, 6.45) is 5.06. The number of hydrogen-bond acceptors (Lipinski definition) is 3. The van der Waals surface area contributed by atoms with Crippen LogP contribution in [0.2, 0.25) is 0 Å². The number of fused-ring (bicyclic) bond motifs is 1. The summed E-state index contributed by atoms with van der Waals surface area (Å²) < 4.78 is 0. The second-order valence-corrected chi connectivity index (χ2v) is 5.66. The van der Waals surface area contributed by atoms with Crippen molar-refractivity contribution in [2.24, 2.45) is 5.92 Å². The van der Waals surface area contributed by atoms with Crippen LogP contribution in [0.5, 0.6) is 0 Å². The number of rotatable bonds is 2. The fourth-order valence-corrected chi connectivity index (χ4v) is 3.33. The van der Waals surface area contributed by atoms with E-state index in [1.807, 2.05) is 6.07 Å². The van der Waals surface area contributed by atoms with Gasteiger partial charge in [-0.2, -0.15) is 0 Å². The minimum atomic E-state index is 0.502. The molecule has 1 aromatic rings. The molecule has 0 saturated carbocycles. The van der Waals surface area contributed by atoms with E-state index in [-0.39, 0.29) is 0 Å². The van der Waals surface area contributed by atoms with Gasteiger partial charge in [0.1, 0.15) is 0 Å². The van der Waals surface area contributed by atoms with E-state index in [2.05, 4.69) is 22.8 Å². The molecule has 18 heavy (non-hydrogen) atoms. The van der Waals surface area contributed by atoms with Crippen LogP contribution < -0.4 is 16.4 Å². The summed E-state index contributed by atoms with van der Waals surface area (Å²) in [7, 11) is 0. The van der Waals surface area contributed by atoms with E-state index in [0.717, 1.165) is 24.6 Å². The van der Waals surface area contributed by atoms with Crippen molar-refractivity contribution in [1.82, 2.24) is 10.6 Å². The number of nitrogens with one attached hydrogen (secondary N) is 2. The molecule has 2 aliphatic heterocycles. The number of anilines is 1. The van der Waals surface area contributed by atoms with Crippen LogP contribution in [0, 0.1) is 5.92 Å². The lowest BCUT2D eigenvalue weighted by molar-refractivity contribution is 0.310. The van der Waals surface area contributed by atoms with Crippen LogP contribution in [-0.2, 0) is 6.42 Å². The molecule has 0 aromatic heterocycles. The van der Waals surface area contributed by atoms with Crippen molar-refractivity contribution in [3.63, 3.8) is 0 Å². The lowest BCUT2D eigenvalue weighted by Crippen LogP contribution is -2.36. The Bertz CT molecular complexity index is 410. The van der Waals surface area contributed by atoms with Gasteiger partial charge in [-0.3, -0.25) is 0 Å². The fourth-order valence-electron chi connectivity index (χ4n) is 3.33. The summed E-state index contributed by atoms with van der Waals surface area (Å²) in [6.45, 7) is 3.47. The average molecular weight is 245 g/mol. The minimum absolute atomic E-state index is 0.502. The Kier molecular flexibility index (Phi) is 3.52. The monoisotopic (exact) mass is 245 g/mol. The zero-order valence-electron chi connectivity index (χ0n) is 10.9. The van der Waals surface area contributed by atoms with Crippen LogP contribution >= 0.6 is 0 Å². The van der Waals surface area contributed by atoms with Gasteiger partial charge in [0.2, 0.25) is 0 Å². The third kappa shape index (κ3) is 2.52. The molecule has 2 atom stereocenters. The maximum Gasteiger partial charge on any atom is 0.0326 e. The van der Waals surface area contributed by atoms with Crippen LogP contribution in [0.25, 0.3) is 0 Å². The molecule has 1 saturated heterocycles. The second kappa shape index (κ2) is 5.29. The summed E-state index contributed by atoms with van der Waals surface area (Å²) >= 11 is 0. The molecular weight excluding hydrogens is 222 g/mol. The Balaban J connectivity index is 1.75. The predicted molar refractivity (Wildman–Crippen MR) is 75.5 cm³/mol. The Labute approximate surface area is 109 Å². The van der Waals surface area contributed by atoms with E-state index in [4.69, 9.17) is 5.73 Å². The number of benzene rings is 1. The van der Waals surface area contributed by atoms with Crippen molar-refractivity contribution < 1.29 is 0 Å². The molecule has 3 heteroatoms. The van der Waals surface area contributed by atoms with Crippen molar-refractivity contribution in [2.45, 2.75) is 31.7 Å². The Morgan fingerprint density at radius 3 is 3.06 bits per heavy atom. The highest BCUT2D eigenvalue weighted by molar-refractivity contribution is 5.47. The van der Waals surface area contributed by atoms with E-state index >= 15 is 0 Å². The Hall–Kier alpha value is -1.06. The second-order valence-electron chi connectivity index (χ2n) is 5.66. The molecule has 2 heterocycles. The first-order chi connectivity index (χ1) is 8.83. The van der Waals surface area contributed by atoms with Crippen LogP contribution in [-0.4, -0.2) is 19.6 Å².